The summed E-state index contributed by atoms with van der Waals surface area (Å²) in [4.78, 5) is 16.5. The number of hydrogen-bond donors (Lipinski definition) is 0. The normalized spacial score (nSPS) is 13.8. The lowest BCUT2D eigenvalue weighted by Gasteiger charge is -2.21. The lowest BCUT2D eigenvalue weighted by Crippen LogP contribution is -2.21. The van der Waals surface area contributed by atoms with Crippen molar-refractivity contribution in [1.82, 2.24) is 19.4 Å². The van der Waals surface area contributed by atoms with Crippen LogP contribution in [0.5, 0.6) is 0 Å². The molecule has 0 fully saturated rings. The summed E-state index contributed by atoms with van der Waals surface area (Å²) in [6.45, 7) is 10.1. The van der Waals surface area contributed by atoms with Crippen molar-refractivity contribution in [2.24, 2.45) is 17.1 Å². The zero-order valence-corrected chi connectivity index (χ0v) is 20.8. The van der Waals surface area contributed by atoms with Crippen molar-refractivity contribution in [3.05, 3.63) is 47.0 Å². The Kier molecular flexibility index (Phi) is 6.83. The van der Waals surface area contributed by atoms with Crippen LogP contribution in [0.25, 0.3) is 11.4 Å². The summed E-state index contributed by atoms with van der Waals surface area (Å²) in [5, 5.41) is 19.4. The van der Waals surface area contributed by atoms with Gasteiger partial charge in [0, 0.05) is 31.5 Å². The predicted molar refractivity (Wildman–Crippen MR) is 133 cm³/mol. The van der Waals surface area contributed by atoms with Crippen molar-refractivity contribution in [3.8, 4) is 17.5 Å². The minimum Gasteiger partial charge on any atom is -0.372 e. The summed E-state index contributed by atoms with van der Waals surface area (Å²) in [5.74, 6) is 0.448. The highest BCUT2D eigenvalue weighted by Gasteiger charge is 2.33. The maximum Gasteiger partial charge on any atom is 0.184 e. The maximum absolute atomic E-state index is 9.77. The summed E-state index contributed by atoms with van der Waals surface area (Å²) in [6.07, 6.45) is 0. The number of aryl methyl sites for hydroxylation is 3. The van der Waals surface area contributed by atoms with E-state index in [-0.39, 0.29) is 5.69 Å². The van der Waals surface area contributed by atoms with Crippen molar-refractivity contribution >= 4 is 34.2 Å². The average Bonchev–Trinajstić information content (AvgIpc) is 3.46. The molecule has 3 heterocycles. The van der Waals surface area contributed by atoms with E-state index in [0.29, 0.717) is 28.0 Å². The largest absolute Gasteiger partial charge is 0.372 e. The minimum atomic E-state index is 0.231. The number of rotatable bonds is 7. The van der Waals surface area contributed by atoms with Crippen LogP contribution in [0.4, 0.5) is 11.4 Å². The molecule has 0 amide bonds. The van der Waals surface area contributed by atoms with Crippen LogP contribution in [0.15, 0.2) is 34.4 Å². The number of anilines is 1. The van der Waals surface area contributed by atoms with Crippen LogP contribution in [-0.4, -0.2) is 50.4 Å². The number of imidazole rings is 1. The first-order valence-electron chi connectivity index (χ1n) is 10.9. The molecule has 1 aromatic carbocycles. The molecule has 1 aliphatic rings. The smallest absolute Gasteiger partial charge is 0.184 e. The molecule has 3 aromatic rings. The first-order valence-corrected chi connectivity index (χ1v) is 11.6. The standard InChI is InChI=1S/C23H26N8O2S/c1-7-30(8-2)16-9-10-17(14(3)11-16)25-20-22-26-19(13-24)21(18-12-15(4)29(5)27-18)31(22)28-23(20)34-33-32-6/h9-12H,7-8H2,1-6H3. The van der Waals surface area contributed by atoms with Gasteiger partial charge in [-0.3, -0.25) is 4.68 Å². The van der Waals surface area contributed by atoms with Gasteiger partial charge in [-0.2, -0.15) is 19.8 Å². The maximum atomic E-state index is 9.77. The van der Waals surface area contributed by atoms with Gasteiger partial charge in [-0.1, -0.05) is 0 Å². The van der Waals surface area contributed by atoms with Gasteiger partial charge in [-0.05, 0) is 57.5 Å². The zero-order chi connectivity index (χ0) is 24.4. The van der Waals surface area contributed by atoms with Gasteiger partial charge in [0.2, 0.25) is 0 Å². The Bertz CT molecular complexity index is 1310. The molecule has 0 radical (unpaired) electrons. The van der Waals surface area contributed by atoms with E-state index in [9.17, 15) is 5.26 Å². The zero-order valence-electron chi connectivity index (χ0n) is 20.0. The van der Waals surface area contributed by atoms with Gasteiger partial charge in [0.05, 0.1) is 24.8 Å². The molecule has 0 N–H and O–H groups in total. The summed E-state index contributed by atoms with van der Waals surface area (Å²) in [7, 11) is 3.27. The fourth-order valence-corrected chi connectivity index (χ4v) is 4.24. The van der Waals surface area contributed by atoms with Crippen LogP contribution in [0.1, 0.15) is 36.6 Å². The van der Waals surface area contributed by atoms with Crippen molar-refractivity contribution in [3.63, 3.8) is 0 Å². The van der Waals surface area contributed by atoms with Gasteiger partial charge >= 0.3 is 0 Å². The third-order valence-electron chi connectivity index (χ3n) is 5.64. The highest BCUT2D eigenvalue weighted by Crippen LogP contribution is 2.32. The van der Waals surface area contributed by atoms with Crippen molar-refractivity contribution in [2.75, 3.05) is 25.1 Å². The third-order valence-corrected chi connectivity index (χ3v) is 6.28. The van der Waals surface area contributed by atoms with Gasteiger partial charge in [0.15, 0.2) is 16.6 Å². The van der Waals surface area contributed by atoms with E-state index in [2.05, 4.69) is 52.1 Å². The van der Waals surface area contributed by atoms with Crippen LogP contribution in [-0.2, 0) is 16.3 Å². The Hall–Kier alpha value is -3.46. The Morgan fingerprint density at radius 3 is 2.56 bits per heavy atom. The fraction of sp³-hybridized carbons (Fsp3) is 0.348. The van der Waals surface area contributed by atoms with Crippen LogP contribution in [0, 0.1) is 25.2 Å². The summed E-state index contributed by atoms with van der Waals surface area (Å²) >= 11 is 0.939. The molecule has 0 bridgehead atoms. The van der Waals surface area contributed by atoms with Crippen molar-refractivity contribution < 1.29 is 9.22 Å². The molecule has 2 aromatic heterocycles. The topological polar surface area (TPSA) is 106 Å². The molecule has 10 nitrogen and oxygen atoms in total. The number of fused-ring (bicyclic) bond motifs is 1. The van der Waals surface area contributed by atoms with Gasteiger partial charge in [-0.25, -0.2) is 19.5 Å². The molecular formula is C23H26N8O2S. The Morgan fingerprint density at radius 1 is 1.21 bits per heavy atom. The van der Waals surface area contributed by atoms with Gasteiger partial charge in [-0.15, -0.1) is 0 Å². The first-order chi connectivity index (χ1) is 16.4. The van der Waals surface area contributed by atoms with Crippen LogP contribution in [0.3, 0.4) is 0 Å². The van der Waals surface area contributed by atoms with Crippen LogP contribution >= 0.6 is 12.0 Å². The van der Waals surface area contributed by atoms with Crippen LogP contribution in [0.2, 0.25) is 0 Å². The van der Waals surface area contributed by atoms with E-state index in [1.165, 1.54) is 7.11 Å². The highest BCUT2D eigenvalue weighted by atomic mass is 32.2. The Balaban J connectivity index is 1.84. The second kappa shape index (κ2) is 9.80. The summed E-state index contributed by atoms with van der Waals surface area (Å²) < 4.78 is 8.44. The fourth-order valence-electron chi connectivity index (χ4n) is 3.77. The lowest BCUT2D eigenvalue weighted by atomic mass is 10.1. The predicted octanol–water partition coefficient (Wildman–Crippen LogP) is 4.14. The van der Waals surface area contributed by atoms with Crippen LogP contribution < -0.4 is 4.90 Å². The quantitative estimate of drug-likeness (QED) is 0.285. The number of hydrogen-bond acceptors (Lipinski definition) is 9. The van der Waals surface area contributed by atoms with Gasteiger partial charge in [0.25, 0.3) is 0 Å². The minimum absolute atomic E-state index is 0.231. The van der Waals surface area contributed by atoms with E-state index in [0.717, 1.165) is 47.8 Å². The second-order valence-corrected chi connectivity index (χ2v) is 8.37. The SMILES string of the molecule is CCN(CC)c1ccc(N=C2C(SOOC)=Nn3c2nc(C#N)c3-c2cc(C)n(C)n2)c(C)c1. The van der Waals surface area contributed by atoms with E-state index in [1.54, 1.807) is 9.36 Å². The molecule has 34 heavy (non-hydrogen) atoms. The van der Waals surface area contributed by atoms with E-state index < -0.39 is 0 Å². The van der Waals surface area contributed by atoms with Gasteiger partial charge < -0.3 is 4.90 Å². The third kappa shape index (κ3) is 4.23. The van der Waals surface area contributed by atoms with Crippen molar-refractivity contribution in [1.29, 1.82) is 5.26 Å². The molecule has 0 unspecified atom stereocenters. The molecule has 0 aliphatic carbocycles. The number of aromatic nitrogens is 4. The number of nitrogens with zero attached hydrogens (tertiary/aromatic N) is 8. The Morgan fingerprint density at radius 2 is 1.97 bits per heavy atom. The number of aliphatic imine (C=N–C) groups is 1. The molecule has 1 aliphatic heterocycles. The number of benzene rings is 1. The Labute approximate surface area is 202 Å². The molecule has 176 valence electrons. The molecule has 0 saturated carbocycles. The highest BCUT2D eigenvalue weighted by molar-refractivity contribution is 8.11. The molecule has 0 spiro atoms. The van der Waals surface area contributed by atoms with E-state index >= 15 is 0 Å². The average molecular weight is 479 g/mol. The monoisotopic (exact) mass is 478 g/mol. The lowest BCUT2D eigenvalue weighted by molar-refractivity contribution is -0.158. The van der Waals surface area contributed by atoms with E-state index in [1.807, 2.05) is 33.0 Å². The second-order valence-electron chi connectivity index (χ2n) is 7.68. The molecule has 0 saturated heterocycles. The molecule has 4 rings (SSSR count). The van der Waals surface area contributed by atoms with Gasteiger partial charge in [0.1, 0.15) is 23.2 Å². The molecule has 11 heteroatoms. The van der Waals surface area contributed by atoms with Crippen molar-refractivity contribution in [2.45, 2.75) is 27.7 Å². The summed E-state index contributed by atoms with van der Waals surface area (Å²) in [6, 6.07) is 10.2. The molecular weight excluding hydrogens is 452 g/mol. The summed E-state index contributed by atoms with van der Waals surface area (Å²) in [5.41, 5.74) is 5.73. The van der Waals surface area contributed by atoms with E-state index in [4.69, 9.17) is 14.2 Å². The number of nitriles is 1. The first kappa shape index (κ1) is 23.7. The molecule has 0 atom stereocenters.